The zero-order chi connectivity index (χ0) is 31.2. The Hall–Kier alpha value is -4.70. The summed E-state index contributed by atoms with van der Waals surface area (Å²) < 4.78 is 61.1. The minimum Gasteiger partial charge on any atom is -0.466 e. The van der Waals surface area contributed by atoms with Crippen LogP contribution in [0.1, 0.15) is 36.5 Å². The predicted octanol–water partition coefficient (Wildman–Crippen LogP) is 4.34. The second-order valence-electron chi connectivity index (χ2n) is 9.19. The van der Waals surface area contributed by atoms with Crippen molar-refractivity contribution >= 4 is 29.4 Å². The Morgan fingerprint density at radius 3 is 2.33 bits per heavy atom. The lowest BCUT2D eigenvalue weighted by Gasteiger charge is -2.41. The Morgan fingerprint density at radius 1 is 1.10 bits per heavy atom. The quantitative estimate of drug-likeness (QED) is 0.258. The molecule has 3 rings (SSSR count). The number of allylic oxidation sites excluding steroid dienone is 1. The number of rotatable bonds is 9. The van der Waals surface area contributed by atoms with E-state index < -0.39 is 53.4 Å². The van der Waals surface area contributed by atoms with E-state index in [0.717, 1.165) is 30.2 Å². The van der Waals surface area contributed by atoms with Crippen molar-refractivity contribution in [1.29, 1.82) is 10.7 Å². The van der Waals surface area contributed by atoms with Gasteiger partial charge in [0.1, 0.15) is 18.4 Å². The number of halogens is 3. The van der Waals surface area contributed by atoms with E-state index in [-0.39, 0.29) is 35.7 Å². The van der Waals surface area contributed by atoms with Crippen LogP contribution < -0.4 is 4.90 Å². The molecule has 2 aromatic carbocycles. The van der Waals surface area contributed by atoms with Crippen molar-refractivity contribution in [2.24, 2.45) is 5.92 Å². The van der Waals surface area contributed by atoms with Gasteiger partial charge in [-0.25, -0.2) is 9.59 Å². The van der Waals surface area contributed by atoms with Crippen LogP contribution in [0.15, 0.2) is 59.8 Å². The van der Waals surface area contributed by atoms with Gasteiger partial charge in [-0.2, -0.15) is 18.4 Å². The molecule has 0 radical (unpaired) electrons. The van der Waals surface area contributed by atoms with E-state index in [2.05, 4.69) is 4.74 Å². The lowest BCUT2D eigenvalue weighted by molar-refractivity contribution is -0.162. The summed E-state index contributed by atoms with van der Waals surface area (Å²) >= 11 is 0. The van der Waals surface area contributed by atoms with Crippen LogP contribution >= 0.6 is 0 Å². The second kappa shape index (κ2) is 13.3. The third-order valence-electron chi connectivity index (χ3n) is 6.56. The molecule has 2 aromatic rings. The highest BCUT2D eigenvalue weighted by Crippen LogP contribution is 2.44. The van der Waals surface area contributed by atoms with Crippen LogP contribution in [0, 0.1) is 22.7 Å². The molecule has 0 saturated heterocycles. The fourth-order valence-corrected chi connectivity index (χ4v) is 4.54. The maximum absolute atomic E-state index is 13.7. The third kappa shape index (κ3) is 6.77. The summed E-state index contributed by atoms with van der Waals surface area (Å²) in [4.78, 5) is 40.3. The van der Waals surface area contributed by atoms with Gasteiger partial charge in [-0.1, -0.05) is 18.2 Å². The molecule has 0 amide bonds. The molecular formula is C29H28F3N3O7. The molecule has 10 nitrogen and oxygen atoms in total. The first-order valence-electron chi connectivity index (χ1n) is 12.6. The number of nitrogens with zero attached hydrogens (tertiary/aromatic N) is 2. The van der Waals surface area contributed by atoms with Crippen molar-refractivity contribution < 1.29 is 46.5 Å². The zero-order valence-electron chi connectivity index (χ0n) is 23.2. The maximum atomic E-state index is 13.7. The number of benzene rings is 2. The average Bonchev–Trinajstić information content (AvgIpc) is 2.96. The zero-order valence-corrected chi connectivity index (χ0v) is 23.2. The number of nitriles is 1. The van der Waals surface area contributed by atoms with Crippen LogP contribution in [-0.2, 0) is 39.5 Å². The number of amidine groups is 1. The lowest BCUT2D eigenvalue weighted by atomic mass is 9.75. The second-order valence-corrected chi connectivity index (χ2v) is 9.19. The maximum Gasteiger partial charge on any atom is 0.416 e. The molecule has 42 heavy (non-hydrogen) atoms. The number of carbonyl (C=O) groups excluding carboxylic acids is 3. The van der Waals surface area contributed by atoms with E-state index in [1.807, 2.05) is 6.07 Å². The van der Waals surface area contributed by atoms with Gasteiger partial charge >= 0.3 is 24.1 Å². The summed E-state index contributed by atoms with van der Waals surface area (Å²) in [6.07, 6.45) is -6.09. The predicted molar refractivity (Wildman–Crippen MR) is 142 cm³/mol. The summed E-state index contributed by atoms with van der Waals surface area (Å²) in [5, 5.41) is 18.3. The van der Waals surface area contributed by atoms with Crippen LogP contribution in [0.2, 0.25) is 0 Å². The highest BCUT2D eigenvalue weighted by Gasteiger charge is 2.48. The van der Waals surface area contributed by atoms with E-state index in [4.69, 9.17) is 19.6 Å². The van der Waals surface area contributed by atoms with Crippen LogP contribution in [0.4, 0.5) is 18.9 Å². The van der Waals surface area contributed by atoms with Gasteiger partial charge in [0.2, 0.25) is 0 Å². The minimum atomic E-state index is -4.72. The molecule has 0 spiro atoms. The molecule has 13 heteroatoms. The van der Waals surface area contributed by atoms with Crippen molar-refractivity contribution in [3.8, 4) is 6.07 Å². The van der Waals surface area contributed by atoms with E-state index >= 15 is 0 Å². The Kier molecular flexibility index (Phi) is 10.1. The van der Waals surface area contributed by atoms with E-state index in [9.17, 15) is 32.8 Å². The molecule has 0 bridgehead atoms. The molecule has 0 aliphatic carbocycles. The molecule has 0 fully saturated rings. The number of esters is 3. The number of hydrogen-bond donors (Lipinski definition) is 1. The molecule has 1 heterocycles. The van der Waals surface area contributed by atoms with Crippen LogP contribution in [0.5, 0.6) is 0 Å². The highest BCUT2D eigenvalue weighted by atomic mass is 19.4. The minimum absolute atomic E-state index is 0.0170. The number of hydrogen-bond acceptors (Lipinski definition) is 9. The van der Waals surface area contributed by atoms with Crippen molar-refractivity contribution in [3.63, 3.8) is 0 Å². The number of ether oxygens (including phenoxy) is 4. The van der Waals surface area contributed by atoms with Gasteiger partial charge in [0.05, 0.1) is 36.5 Å². The number of methoxy groups -OCH3 is 2. The fraction of sp³-hybridized carbons (Fsp3) is 0.345. The van der Waals surface area contributed by atoms with Crippen LogP contribution in [0.25, 0.3) is 0 Å². The molecular weight excluding hydrogens is 559 g/mol. The number of carbonyl (C=O) groups is 3. The van der Waals surface area contributed by atoms with Gasteiger partial charge in [-0.05, 0) is 49.7 Å². The van der Waals surface area contributed by atoms with E-state index in [1.165, 1.54) is 51.3 Å². The van der Waals surface area contributed by atoms with Crippen molar-refractivity contribution in [2.75, 3.05) is 32.3 Å². The Morgan fingerprint density at radius 2 is 1.76 bits per heavy atom. The summed E-state index contributed by atoms with van der Waals surface area (Å²) in [5.41, 5.74) is -0.801. The van der Waals surface area contributed by atoms with E-state index in [1.54, 1.807) is 0 Å². The van der Waals surface area contributed by atoms with E-state index in [0.29, 0.717) is 5.56 Å². The average molecular weight is 588 g/mol. The summed E-state index contributed by atoms with van der Waals surface area (Å²) in [6.45, 7) is 2.47. The molecule has 222 valence electrons. The molecule has 0 saturated carbocycles. The number of alkyl halides is 3. The Labute approximate surface area is 239 Å². The lowest BCUT2D eigenvalue weighted by Crippen LogP contribution is -2.48. The monoisotopic (exact) mass is 587 g/mol. The van der Waals surface area contributed by atoms with Crippen molar-refractivity contribution in [3.05, 3.63) is 76.5 Å². The van der Waals surface area contributed by atoms with Gasteiger partial charge in [0, 0.05) is 24.4 Å². The Balaban J connectivity index is 2.30. The Bertz CT molecular complexity index is 1430. The van der Waals surface area contributed by atoms with Gasteiger partial charge in [0.25, 0.3) is 0 Å². The number of nitrogens with one attached hydrogen (secondary N) is 1. The molecule has 0 aromatic heterocycles. The first-order chi connectivity index (χ1) is 19.8. The van der Waals surface area contributed by atoms with Gasteiger partial charge < -0.3 is 23.8 Å². The van der Waals surface area contributed by atoms with Crippen LogP contribution in [-0.4, -0.2) is 57.3 Å². The standard InChI is InChI=1S/C29H28F3N3O7/c1-16-22(28(38)42-17(2)26(36)40-4)23(19-10-8-18(15-33)9-11-19)24(27(37)41-13-12-39-3)25(34)35(16)21-7-5-6-20(14-21)29(30,31)32/h5-11,14,17,23-24,34H,12-13H2,1-4H3/t17-,23?,24?/m0/s1. The number of anilines is 1. The largest absolute Gasteiger partial charge is 0.466 e. The van der Waals surface area contributed by atoms with Gasteiger partial charge in [-0.15, -0.1) is 0 Å². The molecule has 2 unspecified atom stereocenters. The smallest absolute Gasteiger partial charge is 0.416 e. The fourth-order valence-electron chi connectivity index (χ4n) is 4.54. The summed E-state index contributed by atoms with van der Waals surface area (Å²) in [5.74, 6) is -6.16. The molecule has 1 N–H and O–H groups in total. The SMILES string of the molecule is COCCOC(=O)C1C(=N)N(c2cccc(C(F)(F)F)c2)C(C)=C(C(=O)O[C@@H](C)C(=O)OC)C1c1ccc(C#N)cc1. The summed E-state index contributed by atoms with van der Waals surface area (Å²) in [7, 11) is 2.48. The topological polar surface area (TPSA) is 139 Å². The molecule has 1 aliphatic heterocycles. The van der Waals surface area contributed by atoms with Gasteiger partial charge in [-0.3, -0.25) is 10.2 Å². The first kappa shape index (κ1) is 31.8. The highest BCUT2D eigenvalue weighted by molar-refractivity contribution is 6.14. The van der Waals surface area contributed by atoms with Gasteiger partial charge in [0.15, 0.2) is 6.10 Å². The normalized spacial score (nSPS) is 17.8. The molecule has 1 aliphatic rings. The molecule has 3 atom stereocenters. The van der Waals surface area contributed by atoms with Crippen LogP contribution in [0.3, 0.4) is 0 Å². The van der Waals surface area contributed by atoms with Crippen molar-refractivity contribution in [2.45, 2.75) is 32.0 Å². The first-order valence-corrected chi connectivity index (χ1v) is 12.6. The van der Waals surface area contributed by atoms with Crippen molar-refractivity contribution in [1.82, 2.24) is 0 Å². The summed E-state index contributed by atoms with van der Waals surface area (Å²) in [6, 6.07) is 11.9. The third-order valence-corrected chi connectivity index (χ3v) is 6.56.